The van der Waals surface area contributed by atoms with E-state index in [-0.39, 0.29) is 0 Å². The number of aliphatic imine (C=N–C) groups is 1. The molecule has 1 aromatic carbocycles. The Kier molecular flexibility index (Phi) is 7.24. The zero-order valence-corrected chi connectivity index (χ0v) is 18.0. The van der Waals surface area contributed by atoms with E-state index in [9.17, 15) is 8.42 Å². The Labute approximate surface area is 172 Å². The summed E-state index contributed by atoms with van der Waals surface area (Å²) < 4.78 is 25.3. The molecular weight excluding hydrogens is 388 g/mol. The molecule has 0 saturated carbocycles. The van der Waals surface area contributed by atoms with E-state index < -0.39 is 9.84 Å². The third kappa shape index (κ3) is 6.03. The summed E-state index contributed by atoms with van der Waals surface area (Å²) in [4.78, 5) is 5.01. The predicted molar refractivity (Wildman–Crippen MR) is 114 cm³/mol. The topological polar surface area (TPSA) is 101 Å². The van der Waals surface area contributed by atoms with E-state index in [0.29, 0.717) is 18.0 Å². The molecule has 0 atom stereocenters. The van der Waals surface area contributed by atoms with Crippen molar-refractivity contribution in [3.8, 4) is 0 Å². The maximum absolute atomic E-state index is 11.5. The average molecular weight is 419 g/mol. The van der Waals surface area contributed by atoms with Gasteiger partial charge in [0.1, 0.15) is 12.4 Å². The molecule has 2 heterocycles. The minimum absolute atomic E-state index is 0.344. The fraction of sp³-hybridized carbons (Fsp3) is 0.550. The second kappa shape index (κ2) is 9.87. The van der Waals surface area contributed by atoms with Crippen LogP contribution in [0.1, 0.15) is 43.4 Å². The number of hydrogen-bond acceptors (Lipinski definition) is 5. The van der Waals surface area contributed by atoms with Crippen molar-refractivity contribution in [1.82, 2.24) is 25.4 Å². The summed E-state index contributed by atoms with van der Waals surface area (Å²) in [7, 11) is -3.16. The number of benzene rings is 1. The largest absolute Gasteiger partial charge is 0.357 e. The van der Waals surface area contributed by atoms with E-state index in [1.807, 2.05) is 19.1 Å². The van der Waals surface area contributed by atoms with Gasteiger partial charge in [0.2, 0.25) is 0 Å². The second-order valence-electron chi connectivity index (χ2n) is 7.28. The zero-order chi connectivity index (χ0) is 20.7. The summed E-state index contributed by atoms with van der Waals surface area (Å²) >= 11 is 0. The van der Waals surface area contributed by atoms with Crippen molar-refractivity contribution in [2.75, 3.05) is 19.3 Å². The molecule has 0 unspecified atom stereocenters. The first-order valence-electron chi connectivity index (χ1n) is 10.2. The Hall–Kier alpha value is -2.42. The molecule has 0 amide bonds. The van der Waals surface area contributed by atoms with E-state index in [2.05, 4.69) is 30.4 Å². The highest BCUT2D eigenvalue weighted by Gasteiger charge is 2.14. The molecule has 2 aromatic rings. The van der Waals surface area contributed by atoms with Crippen LogP contribution in [0.2, 0.25) is 0 Å². The lowest BCUT2D eigenvalue weighted by Gasteiger charge is -2.12. The molecule has 0 aliphatic carbocycles. The lowest BCUT2D eigenvalue weighted by molar-refractivity contribution is 0.602. The van der Waals surface area contributed by atoms with Crippen LogP contribution in [-0.4, -0.2) is 48.5 Å². The van der Waals surface area contributed by atoms with Crippen molar-refractivity contribution < 1.29 is 8.42 Å². The van der Waals surface area contributed by atoms with Crippen LogP contribution in [-0.2, 0) is 35.8 Å². The fourth-order valence-electron chi connectivity index (χ4n) is 3.38. The molecule has 0 radical (unpaired) electrons. The third-order valence-electron chi connectivity index (χ3n) is 4.97. The van der Waals surface area contributed by atoms with Crippen molar-refractivity contribution in [2.24, 2.45) is 4.99 Å². The molecule has 8 nitrogen and oxygen atoms in total. The molecule has 158 valence electrons. The van der Waals surface area contributed by atoms with Crippen LogP contribution in [0, 0.1) is 0 Å². The van der Waals surface area contributed by atoms with Crippen LogP contribution >= 0.6 is 0 Å². The number of nitrogens with one attached hydrogen (secondary N) is 2. The highest BCUT2D eigenvalue weighted by molar-refractivity contribution is 7.90. The van der Waals surface area contributed by atoms with E-state index in [0.717, 1.165) is 55.5 Å². The molecule has 1 aliphatic heterocycles. The summed E-state index contributed by atoms with van der Waals surface area (Å²) in [5, 5.41) is 15.2. The van der Waals surface area contributed by atoms with Crippen LogP contribution < -0.4 is 10.6 Å². The molecule has 2 N–H and O–H groups in total. The smallest absolute Gasteiger partial charge is 0.191 e. The minimum Gasteiger partial charge on any atom is -0.357 e. The van der Waals surface area contributed by atoms with Crippen molar-refractivity contribution >= 4 is 15.8 Å². The molecule has 0 fully saturated rings. The van der Waals surface area contributed by atoms with E-state index in [4.69, 9.17) is 0 Å². The first-order chi connectivity index (χ1) is 14.0. The highest BCUT2D eigenvalue weighted by atomic mass is 32.2. The normalized spacial score (nSPS) is 14.9. The van der Waals surface area contributed by atoms with Gasteiger partial charge in [0, 0.05) is 32.3 Å². The number of fused-ring (bicyclic) bond motifs is 1. The Balaban J connectivity index is 1.57. The van der Waals surface area contributed by atoms with Gasteiger partial charge in [0.15, 0.2) is 21.6 Å². The Morgan fingerprint density at radius 1 is 1.14 bits per heavy atom. The Morgan fingerprint density at radius 2 is 1.93 bits per heavy atom. The van der Waals surface area contributed by atoms with Gasteiger partial charge < -0.3 is 15.2 Å². The zero-order valence-electron chi connectivity index (χ0n) is 17.2. The highest BCUT2D eigenvalue weighted by Crippen LogP contribution is 2.15. The minimum atomic E-state index is -3.16. The molecule has 1 aromatic heterocycles. The summed E-state index contributed by atoms with van der Waals surface area (Å²) in [6, 6.07) is 7.02. The monoisotopic (exact) mass is 418 g/mol. The van der Waals surface area contributed by atoms with Crippen LogP contribution in [0.25, 0.3) is 0 Å². The number of guanidine groups is 1. The SMILES string of the molecule is CCNC(=NCc1nnc2n1CCCCC2)NCCc1ccc(S(C)(=O)=O)cc1. The Bertz CT molecular complexity index is 934. The van der Waals surface area contributed by atoms with Gasteiger partial charge in [0.05, 0.1) is 4.90 Å². The van der Waals surface area contributed by atoms with E-state index >= 15 is 0 Å². The first kappa shape index (κ1) is 21.3. The predicted octanol–water partition coefficient (Wildman–Crippen LogP) is 1.71. The summed E-state index contributed by atoms with van der Waals surface area (Å²) in [5.74, 6) is 2.73. The van der Waals surface area contributed by atoms with Gasteiger partial charge in [-0.2, -0.15) is 0 Å². The van der Waals surface area contributed by atoms with Crippen molar-refractivity contribution in [1.29, 1.82) is 0 Å². The number of aromatic nitrogens is 3. The first-order valence-corrected chi connectivity index (χ1v) is 12.1. The lowest BCUT2D eigenvalue weighted by Crippen LogP contribution is -2.38. The maximum atomic E-state index is 11.5. The Morgan fingerprint density at radius 3 is 2.66 bits per heavy atom. The fourth-order valence-corrected chi connectivity index (χ4v) is 4.01. The van der Waals surface area contributed by atoms with Gasteiger partial charge in [-0.05, 0) is 43.9 Å². The number of aryl methyl sites for hydroxylation is 1. The van der Waals surface area contributed by atoms with Crippen molar-refractivity contribution in [3.63, 3.8) is 0 Å². The number of nitrogens with zero attached hydrogens (tertiary/aromatic N) is 4. The van der Waals surface area contributed by atoms with Crippen LogP contribution in [0.4, 0.5) is 0 Å². The second-order valence-corrected chi connectivity index (χ2v) is 9.30. The molecule has 0 spiro atoms. The van der Waals surface area contributed by atoms with Crippen LogP contribution in [0.3, 0.4) is 0 Å². The maximum Gasteiger partial charge on any atom is 0.191 e. The van der Waals surface area contributed by atoms with Gasteiger partial charge in [-0.3, -0.25) is 0 Å². The summed E-state index contributed by atoms with van der Waals surface area (Å²) in [5.41, 5.74) is 1.07. The molecule has 9 heteroatoms. The molecular formula is C20H30N6O2S. The van der Waals surface area contributed by atoms with Gasteiger partial charge in [-0.1, -0.05) is 18.6 Å². The molecule has 1 aliphatic rings. The summed E-state index contributed by atoms with van der Waals surface area (Å²) in [6.07, 6.45) is 6.56. The van der Waals surface area contributed by atoms with Gasteiger partial charge in [-0.15, -0.1) is 10.2 Å². The van der Waals surface area contributed by atoms with Crippen LogP contribution in [0.15, 0.2) is 34.2 Å². The molecule has 29 heavy (non-hydrogen) atoms. The van der Waals surface area contributed by atoms with Crippen molar-refractivity contribution in [3.05, 3.63) is 41.5 Å². The number of hydrogen-bond donors (Lipinski definition) is 2. The number of sulfone groups is 1. The standard InChI is InChI=1S/C20H30N6O2S/c1-3-21-20(22-13-12-16-8-10-17(11-9-16)29(2,27)28)23-15-19-25-24-18-7-5-4-6-14-26(18)19/h8-11H,3-7,12-15H2,1-2H3,(H2,21,22,23). The molecule has 0 saturated heterocycles. The van der Waals surface area contributed by atoms with Gasteiger partial charge in [0.25, 0.3) is 0 Å². The van der Waals surface area contributed by atoms with Gasteiger partial charge in [-0.25, -0.2) is 13.4 Å². The van der Waals surface area contributed by atoms with E-state index in [1.165, 1.54) is 19.1 Å². The molecule has 0 bridgehead atoms. The van der Waals surface area contributed by atoms with E-state index in [1.54, 1.807) is 12.1 Å². The lowest BCUT2D eigenvalue weighted by atomic mass is 10.1. The number of rotatable bonds is 7. The van der Waals surface area contributed by atoms with Gasteiger partial charge >= 0.3 is 0 Å². The summed E-state index contributed by atoms with van der Waals surface area (Å²) in [6.45, 7) is 4.96. The van der Waals surface area contributed by atoms with Crippen LogP contribution in [0.5, 0.6) is 0 Å². The third-order valence-corrected chi connectivity index (χ3v) is 6.10. The average Bonchev–Trinajstić information content (AvgIpc) is 2.92. The quantitative estimate of drug-likeness (QED) is 0.524. The molecule has 3 rings (SSSR count). The van der Waals surface area contributed by atoms with Crippen molar-refractivity contribution in [2.45, 2.75) is 57.0 Å².